The second-order valence-electron chi connectivity index (χ2n) is 4.63. The molecular weight excluding hydrogens is 282 g/mol. The van der Waals surface area contributed by atoms with E-state index in [1.54, 1.807) is 6.08 Å². The summed E-state index contributed by atoms with van der Waals surface area (Å²) in [5.41, 5.74) is 1.01. The van der Waals surface area contributed by atoms with Gasteiger partial charge in [-0.15, -0.1) is 17.9 Å². The number of aromatic amines is 1. The van der Waals surface area contributed by atoms with Crippen LogP contribution in [0.15, 0.2) is 53.8 Å². The maximum atomic E-state index is 12.1. The van der Waals surface area contributed by atoms with Crippen molar-refractivity contribution in [2.24, 2.45) is 0 Å². The van der Waals surface area contributed by atoms with Crippen molar-refractivity contribution < 1.29 is 0 Å². The summed E-state index contributed by atoms with van der Waals surface area (Å²) >= 11 is 1.54. The summed E-state index contributed by atoms with van der Waals surface area (Å²) in [4.78, 5) is 21.3. The van der Waals surface area contributed by atoms with Gasteiger partial charge in [-0.3, -0.25) is 4.79 Å². The minimum Gasteiger partial charge on any atom is -0.309 e. The fraction of sp³-hybridized carbons (Fsp3) is 0.125. The lowest BCUT2D eigenvalue weighted by Crippen LogP contribution is -2.18. The normalized spacial score (nSPS) is 10.9. The lowest BCUT2D eigenvalue weighted by atomic mass is 10.2. The number of hydrogen-bond donors (Lipinski definition) is 2. The summed E-state index contributed by atoms with van der Waals surface area (Å²) < 4.78 is 0. The zero-order chi connectivity index (χ0) is 14.7. The van der Waals surface area contributed by atoms with Crippen molar-refractivity contribution in [3.63, 3.8) is 0 Å². The van der Waals surface area contributed by atoms with Crippen molar-refractivity contribution >= 4 is 21.6 Å². The third kappa shape index (κ3) is 2.94. The molecule has 0 saturated carbocycles. The Bertz CT molecular complexity index is 820. The number of nitrogens with one attached hydrogen (secondary N) is 2. The van der Waals surface area contributed by atoms with Gasteiger partial charge in [-0.05, 0) is 11.6 Å². The number of rotatable bonds is 5. The van der Waals surface area contributed by atoms with Crippen LogP contribution in [0, 0.1) is 0 Å². The molecule has 21 heavy (non-hydrogen) atoms. The maximum absolute atomic E-state index is 12.1. The van der Waals surface area contributed by atoms with E-state index >= 15 is 0 Å². The minimum absolute atomic E-state index is 0.0890. The Hall–Kier alpha value is -2.24. The summed E-state index contributed by atoms with van der Waals surface area (Å²) in [5.74, 6) is 0.649. The number of H-pyrrole nitrogens is 1. The van der Waals surface area contributed by atoms with Gasteiger partial charge in [0.05, 0.1) is 11.9 Å². The Morgan fingerprint density at radius 2 is 2.14 bits per heavy atom. The monoisotopic (exact) mass is 297 g/mol. The summed E-state index contributed by atoms with van der Waals surface area (Å²) in [6, 6.07) is 11.9. The fourth-order valence-corrected chi connectivity index (χ4v) is 3.15. The standard InChI is InChI=1S/C16H15N3OS/c1-2-8-17-10-14-18-15(20)12-9-13(21-16(12)19-14)11-6-4-3-5-7-11/h2-7,9,17H,1,8,10H2,(H,18,19,20). The van der Waals surface area contributed by atoms with Gasteiger partial charge in [0.15, 0.2) is 0 Å². The molecule has 0 radical (unpaired) electrons. The molecule has 1 aromatic carbocycles. The fourth-order valence-electron chi connectivity index (χ4n) is 2.10. The Balaban J connectivity index is 1.99. The van der Waals surface area contributed by atoms with Crippen molar-refractivity contribution in [3.05, 3.63) is 65.2 Å². The lowest BCUT2D eigenvalue weighted by Gasteiger charge is -2.00. The SMILES string of the molecule is C=CCNCc1nc2sc(-c3ccccc3)cc2c(=O)[nH]1. The van der Waals surface area contributed by atoms with Crippen molar-refractivity contribution in [1.29, 1.82) is 0 Å². The topological polar surface area (TPSA) is 57.8 Å². The minimum atomic E-state index is -0.0890. The van der Waals surface area contributed by atoms with Gasteiger partial charge >= 0.3 is 0 Å². The first-order valence-electron chi connectivity index (χ1n) is 6.67. The third-order valence-corrected chi connectivity index (χ3v) is 4.17. The predicted octanol–water partition coefficient (Wildman–Crippen LogP) is 2.93. The van der Waals surface area contributed by atoms with Crippen molar-refractivity contribution in [2.45, 2.75) is 6.54 Å². The van der Waals surface area contributed by atoms with Gasteiger partial charge in [0.2, 0.25) is 0 Å². The lowest BCUT2D eigenvalue weighted by molar-refractivity contribution is 0.718. The first-order valence-corrected chi connectivity index (χ1v) is 7.49. The average Bonchev–Trinajstić information content (AvgIpc) is 2.93. The van der Waals surface area contributed by atoms with E-state index in [4.69, 9.17) is 0 Å². The molecule has 0 unspecified atom stereocenters. The van der Waals surface area contributed by atoms with Crippen LogP contribution in [-0.4, -0.2) is 16.5 Å². The van der Waals surface area contributed by atoms with Crippen LogP contribution in [0.5, 0.6) is 0 Å². The van der Waals surface area contributed by atoms with Gasteiger partial charge in [0.1, 0.15) is 10.7 Å². The highest BCUT2D eigenvalue weighted by molar-refractivity contribution is 7.21. The van der Waals surface area contributed by atoms with Gasteiger partial charge in [0, 0.05) is 11.4 Å². The molecule has 5 heteroatoms. The number of hydrogen-bond acceptors (Lipinski definition) is 4. The molecule has 106 valence electrons. The van der Waals surface area contributed by atoms with Gasteiger partial charge in [-0.2, -0.15) is 0 Å². The van der Waals surface area contributed by atoms with Gasteiger partial charge < -0.3 is 10.3 Å². The van der Waals surface area contributed by atoms with Gasteiger partial charge in [-0.25, -0.2) is 4.98 Å². The van der Waals surface area contributed by atoms with Crippen molar-refractivity contribution in [2.75, 3.05) is 6.54 Å². The molecule has 0 aliphatic rings. The van der Waals surface area contributed by atoms with E-state index in [-0.39, 0.29) is 5.56 Å². The number of benzene rings is 1. The molecule has 2 heterocycles. The number of thiophene rings is 1. The molecule has 0 fully saturated rings. The summed E-state index contributed by atoms with van der Waals surface area (Å²) in [5, 5.41) is 3.78. The van der Waals surface area contributed by atoms with E-state index in [0.717, 1.165) is 15.3 Å². The molecule has 0 amide bonds. The highest BCUT2D eigenvalue weighted by Crippen LogP contribution is 2.30. The van der Waals surface area contributed by atoms with E-state index in [1.165, 1.54) is 11.3 Å². The zero-order valence-corrected chi connectivity index (χ0v) is 12.2. The first-order chi connectivity index (χ1) is 10.3. The van der Waals surface area contributed by atoms with Crippen LogP contribution in [0.3, 0.4) is 0 Å². The van der Waals surface area contributed by atoms with E-state index in [0.29, 0.717) is 24.3 Å². The van der Waals surface area contributed by atoms with E-state index in [1.807, 2.05) is 36.4 Å². The summed E-state index contributed by atoms with van der Waals surface area (Å²) in [7, 11) is 0. The Morgan fingerprint density at radius 3 is 2.90 bits per heavy atom. The van der Waals surface area contributed by atoms with Crippen molar-refractivity contribution in [3.8, 4) is 10.4 Å². The molecular formula is C16H15N3OS. The molecule has 0 spiro atoms. The second-order valence-corrected chi connectivity index (χ2v) is 5.66. The van der Waals surface area contributed by atoms with Crippen molar-refractivity contribution in [1.82, 2.24) is 15.3 Å². The maximum Gasteiger partial charge on any atom is 0.259 e. The molecule has 2 N–H and O–H groups in total. The quantitative estimate of drug-likeness (QED) is 0.562. The highest BCUT2D eigenvalue weighted by atomic mass is 32.1. The molecule has 0 aliphatic carbocycles. The second kappa shape index (κ2) is 6.03. The van der Waals surface area contributed by atoms with Crippen LogP contribution in [0.25, 0.3) is 20.7 Å². The number of nitrogens with zero attached hydrogens (tertiary/aromatic N) is 1. The molecule has 3 rings (SSSR count). The smallest absolute Gasteiger partial charge is 0.259 e. The molecule has 0 aliphatic heterocycles. The highest BCUT2D eigenvalue weighted by Gasteiger charge is 2.09. The Kier molecular flexibility index (Phi) is 3.94. The number of aromatic nitrogens is 2. The van der Waals surface area contributed by atoms with Crippen LogP contribution in [0.4, 0.5) is 0 Å². The number of fused-ring (bicyclic) bond motifs is 1. The van der Waals surface area contributed by atoms with Crippen LogP contribution >= 0.6 is 11.3 Å². The van der Waals surface area contributed by atoms with Crippen LogP contribution in [0.2, 0.25) is 0 Å². The van der Waals surface area contributed by atoms with Crippen LogP contribution in [-0.2, 0) is 6.54 Å². The average molecular weight is 297 g/mol. The predicted molar refractivity (Wildman–Crippen MR) is 87.6 cm³/mol. The molecule has 4 nitrogen and oxygen atoms in total. The summed E-state index contributed by atoms with van der Waals surface area (Å²) in [6.07, 6.45) is 1.77. The summed E-state index contributed by atoms with van der Waals surface area (Å²) in [6.45, 7) is 4.85. The Labute approximate surface area is 126 Å². The van der Waals surface area contributed by atoms with Crippen LogP contribution < -0.4 is 10.9 Å². The van der Waals surface area contributed by atoms with E-state index < -0.39 is 0 Å². The van der Waals surface area contributed by atoms with Gasteiger partial charge in [-0.1, -0.05) is 36.4 Å². The Morgan fingerprint density at radius 1 is 1.33 bits per heavy atom. The molecule has 0 atom stereocenters. The molecule has 0 saturated heterocycles. The van der Waals surface area contributed by atoms with Gasteiger partial charge in [0.25, 0.3) is 5.56 Å². The third-order valence-electron chi connectivity index (χ3n) is 3.09. The molecule has 3 aromatic rings. The van der Waals surface area contributed by atoms with E-state index in [9.17, 15) is 4.79 Å². The van der Waals surface area contributed by atoms with Crippen LogP contribution in [0.1, 0.15) is 5.82 Å². The zero-order valence-electron chi connectivity index (χ0n) is 11.4. The largest absolute Gasteiger partial charge is 0.309 e. The molecule has 2 aromatic heterocycles. The van der Waals surface area contributed by atoms with E-state index in [2.05, 4.69) is 21.9 Å². The molecule has 0 bridgehead atoms. The first kappa shape index (κ1) is 13.7.